The maximum atomic E-state index is 12.4. The third-order valence-electron chi connectivity index (χ3n) is 4.10. The fraction of sp³-hybridized carbons (Fsp3) is 0.200. The molecular weight excluding hydrogens is 387 g/mol. The lowest BCUT2D eigenvalue weighted by atomic mass is 10.1. The van der Waals surface area contributed by atoms with E-state index in [0.717, 1.165) is 5.69 Å². The third-order valence-corrected chi connectivity index (χ3v) is 4.65. The average molecular weight is 405 g/mol. The molecule has 27 heavy (non-hydrogen) atoms. The van der Waals surface area contributed by atoms with Gasteiger partial charge in [0.1, 0.15) is 23.9 Å². The van der Waals surface area contributed by atoms with E-state index >= 15 is 0 Å². The van der Waals surface area contributed by atoms with Gasteiger partial charge in [-0.15, -0.1) is 0 Å². The van der Waals surface area contributed by atoms with E-state index in [1.165, 1.54) is 6.08 Å². The van der Waals surface area contributed by atoms with Crippen molar-refractivity contribution in [3.05, 3.63) is 74.9 Å². The molecule has 7 heteroatoms. The van der Waals surface area contributed by atoms with Crippen LogP contribution in [0.15, 0.2) is 40.8 Å². The van der Waals surface area contributed by atoms with Crippen molar-refractivity contribution in [1.82, 2.24) is 9.78 Å². The summed E-state index contributed by atoms with van der Waals surface area (Å²) in [7, 11) is 1.81. The average Bonchev–Trinajstić information content (AvgIpc) is 3.18. The normalized spacial score (nSPS) is 11.3. The molecule has 0 N–H and O–H groups in total. The lowest BCUT2D eigenvalue weighted by Gasteiger charge is -2.06. The number of ketones is 1. The van der Waals surface area contributed by atoms with Crippen LogP contribution in [-0.2, 0) is 13.7 Å². The Morgan fingerprint density at radius 2 is 2.04 bits per heavy atom. The number of nitrogens with zero attached hydrogens (tertiary/aromatic N) is 2. The van der Waals surface area contributed by atoms with Crippen LogP contribution in [0, 0.1) is 13.8 Å². The summed E-state index contributed by atoms with van der Waals surface area (Å²) >= 11 is 12.0. The summed E-state index contributed by atoms with van der Waals surface area (Å²) in [6.45, 7) is 3.88. The van der Waals surface area contributed by atoms with Gasteiger partial charge in [-0.3, -0.25) is 9.48 Å². The van der Waals surface area contributed by atoms with Crippen molar-refractivity contribution in [2.75, 3.05) is 0 Å². The number of hydrogen-bond donors (Lipinski definition) is 0. The molecule has 0 fully saturated rings. The molecule has 3 aromatic rings. The molecule has 0 unspecified atom stereocenters. The lowest BCUT2D eigenvalue weighted by molar-refractivity contribution is 0.104. The van der Waals surface area contributed by atoms with E-state index in [9.17, 15) is 4.79 Å². The highest BCUT2D eigenvalue weighted by atomic mass is 35.5. The van der Waals surface area contributed by atoms with E-state index in [4.69, 9.17) is 32.4 Å². The molecule has 1 aromatic carbocycles. The molecule has 3 rings (SSSR count). The Morgan fingerprint density at radius 3 is 2.74 bits per heavy atom. The van der Waals surface area contributed by atoms with Crippen LogP contribution in [0.5, 0.6) is 5.75 Å². The van der Waals surface area contributed by atoms with Crippen LogP contribution in [0.3, 0.4) is 0 Å². The monoisotopic (exact) mass is 404 g/mol. The Hall–Kier alpha value is -2.50. The Labute approximate surface area is 167 Å². The van der Waals surface area contributed by atoms with Crippen LogP contribution in [0.25, 0.3) is 6.08 Å². The predicted octanol–water partition coefficient (Wildman–Crippen LogP) is 5.41. The number of carbonyl (C=O) groups excluding carboxylic acids is 1. The number of aromatic nitrogens is 2. The lowest BCUT2D eigenvalue weighted by Crippen LogP contribution is -1.99. The van der Waals surface area contributed by atoms with Gasteiger partial charge in [-0.05, 0) is 50.3 Å². The van der Waals surface area contributed by atoms with Crippen molar-refractivity contribution in [3.63, 3.8) is 0 Å². The summed E-state index contributed by atoms with van der Waals surface area (Å²) in [5, 5.41) is 5.27. The topological polar surface area (TPSA) is 57.3 Å². The smallest absolute Gasteiger partial charge is 0.189 e. The van der Waals surface area contributed by atoms with Crippen molar-refractivity contribution >= 4 is 35.1 Å². The molecule has 2 aromatic heterocycles. The molecule has 0 radical (unpaired) electrons. The fourth-order valence-corrected chi connectivity index (χ4v) is 3.00. The number of halogens is 2. The molecule has 2 heterocycles. The van der Waals surface area contributed by atoms with Gasteiger partial charge in [-0.25, -0.2) is 0 Å². The molecule has 0 bridgehead atoms. The van der Waals surface area contributed by atoms with Crippen LogP contribution >= 0.6 is 23.2 Å². The molecule has 0 atom stereocenters. The largest absolute Gasteiger partial charge is 0.484 e. The van der Waals surface area contributed by atoms with Gasteiger partial charge in [0, 0.05) is 23.8 Å². The van der Waals surface area contributed by atoms with E-state index in [1.54, 1.807) is 41.1 Å². The maximum Gasteiger partial charge on any atom is 0.189 e. The van der Waals surface area contributed by atoms with Gasteiger partial charge in [0.2, 0.25) is 0 Å². The number of allylic oxidation sites excluding steroid dienone is 1. The van der Waals surface area contributed by atoms with E-state index in [1.807, 2.05) is 20.9 Å². The molecule has 0 aliphatic rings. The Balaban J connectivity index is 1.66. The van der Waals surface area contributed by atoms with Crippen molar-refractivity contribution in [1.29, 1.82) is 0 Å². The molecule has 0 aliphatic carbocycles. The van der Waals surface area contributed by atoms with Crippen molar-refractivity contribution < 1.29 is 13.9 Å². The second-order valence-corrected chi connectivity index (χ2v) is 6.88. The van der Waals surface area contributed by atoms with Crippen LogP contribution in [0.4, 0.5) is 0 Å². The predicted molar refractivity (Wildman–Crippen MR) is 106 cm³/mol. The maximum absolute atomic E-state index is 12.4. The quantitative estimate of drug-likeness (QED) is 0.406. The first-order valence-corrected chi connectivity index (χ1v) is 9.00. The molecule has 140 valence electrons. The Kier molecular flexibility index (Phi) is 5.73. The van der Waals surface area contributed by atoms with Gasteiger partial charge in [0.25, 0.3) is 0 Å². The molecule has 5 nitrogen and oxygen atoms in total. The van der Waals surface area contributed by atoms with Gasteiger partial charge in [0.05, 0.1) is 16.3 Å². The third kappa shape index (κ3) is 4.43. The minimum Gasteiger partial charge on any atom is -0.484 e. The molecule has 0 amide bonds. The standard InChI is InChI=1S/C20H18Cl2N2O3/c1-12-20(13(2)24(3)23-12)18(25)9-7-15-5-6-16(27-15)11-26-19-10-14(21)4-8-17(19)22/h4-10H,11H2,1-3H3/b9-7+. The summed E-state index contributed by atoms with van der Waals surface area (Å²) in [5.74, 6) is 1.53. The molecule has 0 saturated carbocycles. The molecule has 0 saturated heterocycles. The van der Waals surface area contributed by atoms with Crippen molar-refractivity contribution in [2.45, 2.75) is 20.5 Å². The van der Waals surface area contributed by atoms with Crippen LogP contribution < -0.4 is 4.74 Å². The highest BCUT2D eigenvalue weighted by Gasteiger charge is 2.15. The van der Waals surface area contributed by atoms with Gasteiger partial charge < -0.3 is 9.15 Å². The van der Waals surface area contributed by atoms with Crippen LogP contribution in [0.1, 0.15) is 33.3 Å². The first kappa shape index (κ1) is 19.3. The highest BCUT2D eigenvalue weighted by molar-refractivity contribution is 6.34. The minimum absolute atomic E-state index is 0.113. The van der Waals surface area contributed by atoms with Gasteiger partial charge >= 0.3 is 0 Å². The van der Waals surface area contributed by atoms with Crippen molar-refractivity contribution in [2.24, 2.45) is 7.05 Å². The summed E-state index contributed by atoms with van der Waals surface area (Å²) in [6.07, 6.45) is 3.11. The second-order valence-electron chi connectivity index (χ2n) is 6.03. The number of ether oxygens (including phenoxy) is 1. The second kappa shape index (κ2) is 8.03. The van der Waals surface area contributed by atoms with E-state index < -0.39 is 0 Å². The summed E-state index contributed by atoms with van der Waals surface area (Å²) in [4.78, 5) is 12.4. The number of hydrogen-bond acceptors (Lipinski definition) is 4. The zero-order valence-electron chi connectivity index (χ0n) is 15.1. The first-order chi connectivity index (χ1) is 12.8. The number of rotatable bonds is 6. The zero-order chi connectivity index (χ0) is 19.6. The SMILES string of the molecule is Cc1nn(C)c(C)c1C(=O)/C=C/c1ccc(COc2cc(Cl)ccc2Cl)o1. The van der Waals surface area contributed by atoms with E-state index in [2.05, 4.69) is 5.10 Å². The van der Waals surface area contributed by atoms with Crippen LogP contribution in [-0.4, -0.2) is 15.6 Å². The van der Waals surface area contributed by atoms with Crippen LogP contribution in [0.2, 0.25) is 10.0 Å². The number of carbonyl (C=O) groups is 1. The van der Waals surface area contributed by atoms with E-state index in [0.29, 0.717) is 38.6 Å². The number of furan rings is 1. The molecular formula is C20H18Cl2N2O3. The minimum atomic E-state index is -0.113. The number of aryl methyl sites for hydroxylation is 2. The van der Waals surface area contributed by atoms with Gasteiger partial charge in [-0.2, -0.15) is 5.10 Å². The highest BCUT2D eigenvalue weighted by Crippen LogP contribution is 2.28. The summed E-state index contributed by atoms with van der Waals surface area (Å²) in [5.41, 5.74) is 2.14. The fourth-order valence-electron chi connectivity index (χ4n) is 2.67. The van der Waals surface area contributed by atoms with Crippen molar-refractivity contribution in [3.8, 4) is 5.75 Å². The Morgan fingerprint density at radius 1 is 1.26 bits per heavy atom. The Bertz CT molecular complexity index is 1020. The van der Waals surface area contributed by atoms with Gasteiger partial charge in [0.15, 0.2) is 5.78 Å². The summed E-state index contributed by atoms with van der Waals surface area (Å²) in [6, 6.07) is 8.55. The first-order valence-electron chi connectivity index (χ1n) is 8.24. The molecule has 0 spiro atoms. The zero-order valence-corrected chi connectivity index (χ0v) is 16.6. The summed E-state index contributed by atoms with van der Waals surface area (Å²) < 4.78 is 13.0. The van der Waals surface area contributed by atoms with E-state index in [-0.39, 0.29) is 12.4 Å². The van der Waals surface area contributed by atoms with Gasteiger partial charge in [-0.1, -0.05) is 23.2 Å². The molecule has 0 aliphatic heterocycles. The number of benzene rings is 1.